The highest BCUT2D eigenvalue weighted by Gasteiger charge is 2.19. The first-order chi connectivity index (χ1) is 30.5. The summed E-state index contributed by atoms with van der Waals surface area (Å²) in [6.07, 6.45) is 69.7. The van der Waals surface area contributed by atoms with Crippen LogP contribution in [0.3, 0.4) is 0 Å². The van der Waals surface area contributed by atoms with Gasteiger partial charge in [0, 0.05) is 19.3 Å². The van der Waals surface area contributed by atoms with E-state index < -0.39 is 6.10 Å². The second kappa shape index (κ2) is 49.0. The van der Waals surface area contributed by atoms with E-state index >= 15 is 0 Å². The SMILES string of the molecule is CC\C=C/C=C\C=C/C=C\C=C/CCCC(=O)OCC(COC(=O)CCCCCCCC/C=C\C/C=C\C/C=C\CC)OC(=O)CCCCCCC\C=C/C=C\C=C/C=C\CC. The molecule has 0 amide bonds. The number of hydrogen-bond donors (Lipinski definition) is 0. The lowest BCUT2D eigenvalue weighted by Gasteiger charge is -2.18. The smallest absolute Gasteiger partial charge is 0.306 e. The van der Waals surface area contributed by atoms with Gasteiger partial charge in [0.15, 0.2) is 6.10 Å². The van der Waals surface area contributed by atoms with Crippen LogP contribution in [0.4, 0.5) is 0 Å². The fourth-order valence-corrected chi connectivity index (χ4v) is 5.79. The lowest BCUT2D eigenvalue weighted by Crippen LogP contribution is -2.30. The first kappa shape index (κ1) is 57.3. The molecule has 0 heterocycles. The first-order valence-corrected chi connectivity index (χ1v) is 24.0. The van der Waals surface area contributed by atoms with Crippen molar-refractivity contribution in [3.63, 3.8) is 0 Å². The van der Waals surface area contributed by atoms with Gasteiger partial charge < -0.3 is 14.2 Å². The van der Waals surface area contributed by atoms with Crippen LogP contribution in [0, 0.1) is 0 Å². The maximum Gasteiger partial charge on any atom is 0.306 e. The van der Waals surface area contributed by atoms with Gasteiger partial charge in [-0.05, 0) is 83.5 Å². The molecule has 0 aliphatic carbocycles. The maximum atomic E-state index is 12.8. The number of carbonyl (C=O) groups is 3. The third kappa shape index (κ3) is 46.4. The largest absolute Gasteiger partial charge is 0.462 e. The number of hydrogen-bond acceptors (Lipinski definition) is 6. The summed E-state index contributed by atoms with van der Waals surface area (Å²) in [6, 6.07) is 0. The van der Waals surface area contributed by atoms with Crippen molar-refractivity contribution in [2.24, 2.45) is 0 Å². The normalized spacial score (nSPS) is 13.4. The Bertz CT molecular complexity index is 1440. The lowest BCUT2D eigenvalue weighted by atomic mass is 10.1. The zero-order valence-corrected chi connectivity index (χ0v) is 39.1. The standard InChI is InChI=1S/C56H84O6/c1-4-7-10-13-16-19-22-25-27-29-31-34-37-40-43-46-49-55(58)61-52-53(51-60-54(57)48-45-42-39-36-33-30-24-21-18-15-12-9-6-3)62-56(59)50-47-44-41-38-35-32-28-26-23-20-17-14-11-8-5-2/h7-12,14-21,23-28,30,33,36,39,53H,4-6,13,22,29,31-32,34-35,37-38,40-52H2,1-3H3/b10-7-,11-8-,12-9-,17-14-,18-15-,19-16-,23-20-,24-21-,27-25-,28-26-,33-30-,39-36-. The fourth-order valence-electron chi connectivity index (χ4n) is 5.79. The Kier molecular flexibility index (Phi) is 45.2. The van der Waals surface area contributed by atoms with E-state index in [1.165, 1.54) is 12.8 Å². The van der Waals surface area contributed by atoms with Crippen molar-refractivity contribution >= 4 is 17.9 Å². The highest BCUT2D eigenvalue weighted by Crippen LogP contribution is 2.12. The van der Waals surface area contributed by atoms with Crippen LogP contribution in [0.15, 0.2) is 146 Å². The molecule has 0 aromatic rings. The average molecular weight is 853 g/mol. The molecular formula is C56H84O6. The maximum absolute atomic E-state index is 12.8. The minimum Gasteiger partial charge on any atom is -0.462 e. The van der Waals surface area contributed by atoms with E-state index in [-0.39, 0.29) is 44.0 Å². The van der Waals surface area contributed by atoms with Crippen LogP contribution in [0.2, 0.25) is 0 Å². The molecular weight excluding hydrogens is 769 g/mol. The second-order valence-corrected chi connectivity index (χ2v) is 15.1. The molecule has 0 bridgehead atoms. The molecule has 6 heteroatoms. The number of carbonyl (C=O) groups excluding carboxylic acids is 3. The quantitative estimate of drug-likeness (QED) is 0.0201. The highest BCUT2D eigenvalue weighted by atomic mass is 16.6. The van der Waals surface area contributed by atoms with Gasteiger partial charge in [0.2, 0.25) is 0 Å². The van der Waals surface area contributed by atoms with Gasteiger partial charge in [0.05, 0.1) is 0 Å². The van der Waals surface area contributed by atoms with E-state index in [0.29, 0.717) is 12.8 Å². The Balaban J connectivity index is 4.59. The van der Waals surface area contributed by atoms with Crippen molar-refractivity contribution in [1.29, 1.82) is 0 Å². The summed E-state index contributed by atoms with van der Waals surface area (Å²) in [5.74, 6) is -1.05. The van der Waals surface area contributed by atoms with Gasteiger partial charge in [0.1, 0.15) is 13.2 Å². The Morgan fingerprint density at radius 1 is 0.339 bits per heavy atom. The van der Waals surface area contributed by atoms with Crippen LogP contribution in [-0.2, 0) is 28.6 Å². The molecule has 0 radical (unpaired) electrons. The van der Waals surface area contributed by atoms with Crippen LogP contribution >= 0.6 is 0 Å². The summed E-state index contributed by atoms with van der Waals surface area (Å²) >= 11 is 0. The third-order valence-electron chi connectivity index (χ3n) is 9.29. The van der Waals surface area contributed by atoms with Crippen LogP contribution in [0.5, 0.6) is 0 Å². The minimum atomic E-state index is -0.830. The molecule has 0 spiro atoms. The molecule has 62 heavy (non-hydrogen) atoms. The van der Waals surface area contributed by atoms with Crippen molar-refractivity contribution in [3.05, 3.63) is 146 Å². The molecule has 0 fully saturated rings. The van der Waals surface area contributed by atoms with Gasteiger partial charge in [-0.1, -0.05) is 212 Å². The predicted octanol–water partition coefficient (Wildman–Crippen LogP) is 15.7. The van der Waals surface area contributed by atoms with Crippen molar-refractivity contribution in [3.8, 4) is 0 Å². The van der Waals surface area contributed by atoms with Crippen LogP contribution in [0.1, 0.15) is 168 Å². The molecule has 0 saturated carbocycles. The summed E-state index contributed by atoms with van der Waals surface area (Å²) in [7, 11) is 0. The number of ether oxygens (including phenoxy) is 3. The molecule has 0 rings (SSSR count). The summed E-state index contributed by atoms with van der Waals surface area (Å²) < 4.78 is 16.7. The Labute approximate surface area is 378 Å². The minimum absolute atomic E-state index is 0.124. The summed E-state index contributed by atoms with van der Waals surface area (Å²) in [5.41, 5.74) is 0. The van der Waals surface area contributed by atoms with Crippen molar-refractivity contribution in [2.45, 2.75) is 175 Å². The number of allylic oxidation sites excluding steroid dienone is 24. The van der Waals surface area contributed by atoms with E-state index in [4.69, 9.17) is 14.2 Å². The molecule has 0 aliphatic rings. The third-order valence-corrected chi connectivity index (χ3v) is 9.29. The number of unbranched alkanes of at least 4 members (excludes halogenated alkanes) is 12. The van der Waals surface area contributed by atoms with Gasteiger partial charge in [0.25, 0.3) is 0 Å². The highest BCUT2D eigenvalue weighted by molar-refractivity contribution is 5.71. The van der Waals surface area contributed by atoms with Crippen molar-refractivity contribution < 1.29 is 28.6 Å². The topological polar surface area (TPSA) is 78.9 Å². The molecule has 0 aromatic heterocycles. The molecule has 0 saturated heterocycles. The molecule has 0 aliphatic heterocycles. The lowest BCUT2D eigenvalue weighted by molar-refractivity contribution is -0.167. The Hall–Kier alpha value is -4.71. The monoisotopic (exact) mass is 853 g/mol. The van der Waals surface area contributed by atoms with Crippen LogP contribution in [0.25, 0.3) is 0 Å². The molecule has 1 atom stereocenters. The van der Waals surface area contributed by atoms with Crippen molar-refractivity contribution in [2.75, 3.05) is 13.2 Å². The van der Waals surface area contributed by atoms with Gasteiger partial charge in [-0.2, -0.15) is 0 Å². The summed E-state index contributed by atoms with van der Waals surface area (Å²) in [6.45, 7) is 6.11. The molecule has 1 unspecified atom stereocenters. The first-order valence-electron chi connectivity index (χ1n) is 24.0. The molecule has 0 aromatic carbocycles. The molecule has 6 nitrogen and oxygen atoms in total. The second-order valence-electron chi connectivity index (χ2n) is 15.1. The van der Waals surface area contributed by atoms with Gasteiger partial charge in [-0.15, -0.1) is 0 Å². The molecule has 344 valence electrons. The van der Waals surface area contributed by atoms with Crippen LogP contribution < -0.4 is 0 Å². The van der Waals surface area contributed by atoms with E-state index in [0.717, 1.165) is 109 Å². The number of rotatable bonds is 40. The summed E-state index contributed by atoms with van der Waals surface area (Å²) in [5, 5.41) is 0. The predicted molar refractivity (Wildman–Crippen MR) is 265 cm³/mol. The van der Waals surface area contributed by atoms with E-state index in [1.807, 2.05) is 79.0 Å². The zero-order valence-electron chi connectivity index (χ0n) is 39.1. The summed E-state index contributed by atoms with van der Waals surface area (Å²) in [4.78, 5) is 37.9. The van der Waals surface area contributed by atoms with Crippen molar-refractivity contribution in [1.82, 2.24) is 0 Å². The molecule has 0 N–H and O–H groups in total. The zero-order chi connectivity index (χ0) is 45.1. The van der Waals surface area contributed by atoms with Gasteiger partial charge >= 0.3 is 17.9 Å². The van der Waals surface area contributed by atoms with Gasteiger partial charge in [-0.25, -0.2) is 0 Å². The van der Waals surface area contributed by atoms with E-state index in [9.17, 15) is 14.4 Å². The van der Waals surface area contributed by atoms with E-state index in [2.05, 4.69) is 87.6 Å². The number of esters is 3. The Morgan fingerprint density at radius 3 is 1.16 bits per heavy atom. The Morgan fingerprint density at radius 2 is 0.677 bits per heavy atom. The van der Waals surface area contributed by atoms with E-state index in [1.54, 1.807) is 0 Å². The van der Waals surface area contributed by atoms with Crippen LogP contribution in [-0.4, -0.2) is 37.2 Å². The average Bonchev–Trinajstić information content (AvgIpc) is 3.27. The fraction of sp³-hybridized carbons (Fsp3) is 0.518. The van der Waals surface area contributed by atoms with Gasteiger partial charge in [-0.3, -0.25) is 14.4 Å².